The number of benzene rings is 1. The van der Waals surface area contributed by atoms with Gasteiger partial charge < -0.3 is 0 Å². The van der Waals surface area contributed by atoms with Crippen LogP contribution in [0.4, 0.5) is 0 Å². The fourth-order valence-corrected chi connectivity index (χ4v) is 2.07. The summed E-state index contributed by atoms with van der Waals surface area (Å²) in [6.07, 6.45) is 0.899. The fraction of sp³-hybridized carbons (Fsp3) is 0.286. The molecule has 0 N–H and O–H groups in total. The zero-order valence-corrected chi connectivity index (χ0v) is 10.4. The van der Waals surface area contributed by atoms with Gasteiger partial charge in [0.15, 0.2) is 0 Å². The smallest absolute Gasteiger partial charge is 0.265 e. The van der Waals surface area contributed by atoms with E-state index in [1.54, 1.807) is 4.57 Å². The van der Waals surface area contributed by atoms with Crippen molar-refractivity contribution < 1.29 is 0 Å². The zero-order valence-electron chi connectivity index (χ0n) is 10.4. The summed E-state index contributed by atoms with van der Waals surface area (Å²) in [5.41, 5.74) is 3.57. The Morgan fingerprint density at radius 3 is 2.59 bits per heavy atom. The van der Waals surface area contributed by atoms with Gasteiger partial charge in [0.05, 0.1) is 5.69 Å². The van der Waals surface area contributed by atoms with Gasteiger partial charge in [-0.3, -0.25) is 4.57 Å². The van der Waals surface area contributed by atoms with Crippen LogP contribution in [0.2, 0.25) is 0 Å². The van der Waals surface area contributed by atoms with E-state index in [2.05, 4.69) is 11.9 Å². The normalized spacial score (nSPS) is 10.5. The molecule has 0 aliphatic rings. The van der Waals surface area contributed by atoms with E-state index in [9.17, 15) is 4.79 Å². The molecular weight excluding hydrogens is 212 g/mol. The highest BCUT2D eigenvalue weighted by Crippen LogP contribution is 2.15. The molecule has 2 rings (SSSR count). The highest BCUT2D eigenvalue weighted by molar-refractivity contribution is 5.42. The third-order valence-electron chi connectivity index (χ3n) is 2.85. The molecule has 1 aromatic heterocycles. The molecule has 3 nitrogen and oxygen atoms in total. The van der Waals surface area contributed by atoms with Gasteiger partial charge in [-0.15, -0.1) is 0 Å². The Bertz CT molecular complexity index is 599. The standard InChI is InChI=1S/C14H16N2O/c1-4-12-7-5-6-8-13(12)16-11(3)9-10(2)15-14(16)17/h5-9H,4H2,1-3H3. The van der Waals surface area contributed by atoms with Crippen LogP contribution in [0.15, 0.2) is 35.1 Å². The summed E-state index contributed by atoms with van der Waals surface area (Å²) in [6.45, 7) is 5.85. The lowest BCUT2D eigenvalue weighted by Gasteiger charge is -2.13. The largest absolute Gasteiger partial charge is 0.352 e. The summed E-state index contributed by atoms with van der Waals surface area (Å²) < 4.78 is 1.67. The first-order valence-electron chi connectivity index (χ1n) is 5.79. The molecule has 0 spiro atoms. The molecule has 88 valence electrons. The van der Waals surface area contributed by atoms with Crippen molar-refractivity contribution in [3.05, 3.63) is 57.8 Å². The third kappa shape index (κ3) is 2.13. The number of nitrogens with zero attached hydrogens (tertiary/aromatic N) is 2. The molecule has 0 aliphatic heterocycles. The molecule has 17 heavy (non-hydrogen) atoms. The van der Waals surface area contributed by atoms with E-state index < -0.39 is 0 Å². The molecule has 1 heterocycles. The summed E-state index contributed by atoms with van der Waals surface area (Å²) in [5, 5.41) is 0. The number of para-hydroxylation sites is 1. The molecule has 0 atom stereocenters. The predicted molar refractivity (Wildman–Crippen MR) is 68.7 cm³/mol. The quantitative estimate of drug-likeness (QED) is 0.791. The number of hydrogen-bond acceptors (Lipinski definition) is 2. The molecule has 0 unspecified atom stereocenters. The van der Waals surface area contributed by atoms with Gasteiger partial charge in [0.2, 0.25) is 0 Å². The molecule has 0 fully saturated rings. The Kier molecular flexibility index (Phi) is 3.09. The Balaban J connectivity index is 2.73. The fourth-order valence-electron chi connectivity index (χ4n) is 2.07. The van der Waals surface area contributed by atoms with Gasteiger partial charge in [0.25, 0.3) is 0 Å². The minimum Gasteiger partial charge on any atom is -0.265 e. The van der Waals surface area contributed by atoms with Crippen LogP contribution >= 0.6 is 0 Å². The summed E-state index contributed by atoms with van der Waals surface area (Å²) in [4.78, 5) is 16.0. The number of rotatable bonds is 2. The lowest BCUT2D eigenvalue weighted by Crippen LogP contribution is -2.24. The Hall–Kier alpha value is -1.90. The van der Waals surface area contributed by atoms with Gasteiger partial charge in [0, 0.05) is 11.4 Å². The van der Waals surface area contributed by atoms with Crippen LogP contribution in [-0.2, 0) is 6.42 Å². The van der Waals surface area contributed by atoms with Crippen LogP contribution in [0, 0.1) is 13.8 Å². The molecule has 0 aliphatic carbocycles. The monoisotopic (exact) mass is 228 g/mol. The summed E-state index contributed by atoms with van der Waals surface area (Å²) in [7, 11) is 0. The van der Waals surface area contributed by atoms with Crippen LogP contribution in [0.5, 0.6) is 0 Å². The van der Waals surface area contributed by atoms with E-state index in [-0.39, 0.29) is 5.69 Å². The predicted octanol–water partition coefficient (Wildman–Crippen LogP) is 2.41. The summed E-state index contributed by atoms with van der Waals surface area (Å²) in [5.74, 6) is 0. The summed E-state index contributed by atoms with van der Waals surface area (Å²) >= 11 is 0. The second-order valence-electron chi connectivity index (χ2n) is 4.14. The first kappa shape index (κ1) is 11.6. The average Bonchev–Trinajstić information content (AvgIpc) is 2.28. The first-order valence-corrected chi connectivity index (χ1v) is 5.79. The van der Waals surface area contributed by atoms with Crippen molar-refractivity contribution in [2.45, 2.75) is 27.2 Å². The van der Waals surface area contributed by atoms with Crippen molar-refractivity contribution >= 4 is 0 Å². The van der Waals surface area contributed by atoms with Crippen LogP contribution in [-0.4, -0.2) is 9.55 Å². The Morgan fingerprint density at radius 2 is 1.94 bits per heavy atom. The highest BCUT2D eigenvalue weighted by Gasteiger charge is 2.08. The minimum atomic E-state index is -0.205. The van der Waals surface area contributed by atoms with E-state index in [1.165, 1.54) is 0 Å². The molecule has 0 bridgehead atoms. The van der Waals surface area contributed by atoms with Gasteiger partial charge in [-0.05, 0) is 38.0 Å². The van der Waals surface area contributed by atoms with E-state index in [0.29, 0.717) is 0 Å². The highest BCUT2D eigenvalue weighted by atomic mass is 16.1. The van der Waals surface area contributed by atoms with E-state index in [0.717, 1.165) is 29.1 Å². The second-order valence-corrected chi connectivity index (χ2v) is 4.14. The molecule has 3 heteroatoms. The maximum Gasteiger partial charge on any atom is 0.352 e. The van der Waals surface area contributed by atoms with Crippen molar-refractivity contribution in [3.63, 3.8) is 0 Å². The van der Waals surface area contributed by atoms with Crippen molar-refractivity contribution in [2.75, 3.05) is 0 Å². The maximum absolute atomic E-state index is 12.0. The SMILES string of the molecule is CCc1ccccc1-n1c(C)cc(C)nc1=O. The van der Waals surface area contributed by atoms with Crippen molar-refractivity contribution in [1.82, 2.24) is 9.55 Å². The van der Waals surface area contributed by atoms with Gasteiger partial charge in [-0.25, -0.2) is 4.79 Å². The molecule has 2 aromatic rings. The zero-order chi connectivity index (χ0) is 12.4. The van der Waals surface area contributed by atoms with Crippen LogP contribution in [0.1, 0.15) is 23.9 Å². The molecule has 0 radical (unpaired) electrons. The summed E-state index contributed by atoms with van der Waals surface area (Å²) in [6, 6.07) is 9.86. The lowest BCUT2D eigenvalue weighted by atomic mass is 10.1. The van der Waals surface area contributed by atoms with E-state index in [4.69, 9.17) is 0 Å². The van der Waals surface area contributed by atoms with Crippen molar-refractivity contribution in [3.8, 4) is 5.69 Å². The van der Waals surface area contributed by atoms with Gasteiger partial charge >= 0.3 is 5.69 Å². The number of hydrogen-bond donors (Lipinski definition) is 0. The van der Waals surface area contributed by atoms with Gasteiger partial charge in [-0.1, -0.05) is 25.1 Å². The Morgan fingerprint density at radius 1 is 1.24 bits per heavy atom. The first-order chi connectivity index (χ1) is 8.13. The van der Waals surface area contributed by atoms with Crippen LogP contribution in [0.25, 0.3) is 5.69 Å². The molecular formula is C14H16N2O. The average molecular weight is 228 g/mol. The third-order valence-corrected chi connectivity index (χ3v) is 2.85. The van der Waals surface area contributed by atoms with Gasteiger partial charge in [0.1, 0.15) is 0 Å². The maximum atomic E-state index is 12.0. The molecule has 0 saturated carbocycles. The molecule has 0 saturated heterocycles. The van der Waals surface area contributed by atoms with Crippen molar-refractivity contribution in [2.24, 2.45) is 0 Å². The number of aryl methyl sites for hydroxylation is 3. The topological polar surface area (TPSA) is 34.9 Å². The number of aromatic nitrogens is 2. The minimum absolute atomic E-state index is 0.205. The van der Waals surface area contributed by atoms with Crippen LogP contribution < -0.4 is 5.69 Å². The van der Waals surface area contributed by atoms with Crippen molar-refractivity contribution in [1.29, 1.82) is 0 Å². The van der Waals surface area contributed by atoms with Gasteiger partial charge in [-0.2, -0.15) is 4.98 Å². The second kappa shape index (κ2) is 4.53. The Labute approximate surface area is 101 Å². The molecule has 1 aromatic carbocycles. The van der Waals surface area contributed by atoms with Crippen LogP contribution in [0.3, 0.4) is 0 Å². The van der Waals surface area contributed by atoms with E-state index >= 15 is 0 Å². The lowest BCUT2D eigenvalue weighted by molar-refractivity contribution is 0.843. The molecule has 0 amide bonds. The van der Waals surface area contributed by atoms with E-state index in [1.807, 2.05) is 44.2 Å².